The summed E-state index contributed by atoms with van der Waals surface area (Å²) >= 11 is 0. The molecule has 3 heteroatoms. The summed E-state index contributed by atoms with van der Waals surface area (Å²) in [5.41, 5.74) is 2.56. The van der Waals surface area contributed by atoms with Crippen LogP contribution in [0.3, 0.4) is 0 Å². The number of hydrogen-bond acceptors (Lipinski definition) is 3. The summed E-state index contributed by atoms with van der Waals surface area (Å²) in [6.07, 6.45) is -0.220. The highest BCUT2D eigenvalue weighted by atomic mass is 16.7. The van der Waals surface area contributed by atoms with Gasteiger partial charge in [-0.3, -0.25) is 0 Å². The third-order valence-electron chi connectivity index (χ3n) is 2.93. The van der Waals surface area contributed by atoms with Crippen molar-refractivity contribution in [3.63, 3.8) is 0 Å². The maximum Gasteiger partial charge on any atom is 0.171 e. The predicted octanol–water partition coefficient (Wildman–Crippen LogP) is 2.65. The van der Waals surface area contributed by atoms with Gasteiger partial charge in [-0.2, -0.15) is 0 Å². The Balaban J connectivity index is 2.62. The molecule has 0 bridgehead atoms. The minimum absolute atomic E-state index is 0.139. The molecule has 0 aromatic heterocycles. The zero-order valence-corrected chi connectivity index (χ0v) is 11.4. The first-order valence-electron chi connectivity index (χ1n) is 5.96. The number of aryl methyl sites for hydroxylation is 1. The molecule has 0 saturated heterocycles. The molecule has 2 atom stereocenters. The van der Waals surface area contributed by atoms with E-state index in [1.165, 1.54) is 11.1 Å². The average Bonchev–Trinajstić information content (AvgIpc) is 2.30. The molecule has 0 fully saturated rings. The Hall–Kier alpha value is -0.900. The van der Waals surface area contributed by atoms with Crippen molar-refractivity contribution < 1.29 is 9.47 Å². The predicted molar refractivity (Wildman–Crippen MR) is 70.0 cm³/mol. The summed E-state index contributed by atoms with van der Waals surface area (Å²) in [6.45, 7) is 6.31. The van der Waals surface area contributed by atoms with Crippen molar-refractivity contribution in [2.45, 2.75) is 39.1 Å². The van der Waals surface area contributed by atoms with Crippen molar-refractivity contribution in [1.82, 2.24) is 5.32 Å². The van der Waals surface area contributed by atoms with Crippen molar-refractivity contribution >= 4 is 0 Å². The average molecular weight is 237 g/mol. The zero-order chi connectivity index (χ0) is 12.8. The van der Waals surface area contributed by atoms with Crippen LogP contribution in [0, 0.1) is 6.92 Å². The maximum absolute atomic E-state index is 5.24. The Labute approximate surface area is 104 Å². The summed E-state index contributed by atoms with van der Waals surface area (Å²) in [5, 5.41) is 3.48. The van der Waals surface area contributed by atoms with E-state index in [1.807, 2.05) is 0 Å². The molecule has 0 amide bonds. The van der Waals surface area contributed by atoms with Crippen LogP contribution in [-0.4, -0.2) is 26.6 Å². The van der Waals surface area contributed by atoms with Crippen LogP contribution in [0.15, 0.2) is 24.3 Å². The lowest BCUT2D eigenvalue weighted by molar-refractivity contribution is -0.120. The minimum Gasteiger partial charge on any atom is -0.354 e. The van der Waals surface area contributed by atoms with E-state index in [4.69, 9.17) is 9.47 Å². The number of hydrogen-bond donors (Lipinski definition) is 1. The Morgan fingerprint density at radius 3 is 2.29 bits per heavy atom. The molecule has 0 aliphatic carbocycles. The largest absolute Gasteiger partial charge is 0.354 e. The molecular weight excluding hydrogens is 214 g/mol. The number of benzene rings is 1. The van der Waals surface area contributed by atoms with E-state index < -0.39 is 0 Å². The number of ether oxygens (including phenoxy) is 2. The van der Waals surface area contributed by atoms with Crippen LogP contribution in [0.2, 0.25) is 0 Å². The van der Waals surface area contributed by atoms with Gasteiger partial charge in [-0.1, -0.05) is 29.8 Å². The number of methoxy groups -OCH3 is 2. The van der Waals surface area contributed by atoms with Crippen LogP contribution >= 0.6 is 0 Å². The molecule has 0 saturated carbocycles. The maximum atomic E-state index is 5.24. The van der Waals surface area contributed by atoms with E-state index >= 15 is 0 Å². The topological polar surface area (TPSA) is 30.5 Å². The molecule has 0 aliphatic heterocycles. The van der Waals surface area contributed by atoms with E-state index in [0.29, 0.717) is 0 Å². The first kappa shape index (κ1) is 14.2. The Bertz CT molecular complexity index is 337. The molecule has 1 unspecified atom stereocenters. The third-order valence-corrected chi connectivity index (χ3v) is 2.93. The lowest BCUT2D eigenvalue weighted by atomic mass is 10.1. The molecule has 1 rings (SSSR count). The summed E-state index contributed by atoms with van der Waals surface area (Å²) in [6, 6.07) is 8.92. The van der Waals surface area contributed by atoms with Crippen molar-refractivity contribution in [3.8, 4) is 0 Å². The van der Waals surface area contributed by atoms with Gasteiger partial charge in [-0.05, 0) is 26.3 Å². The molecule has 0 heterocycles. The third kappa shape index (κ3) is 4.11. The van der Waals surface area contributed by atoms with E-state index in [-0.39, 0.29) is 18.4 Å². The highest BCUT2D eigenvalue weighted by molar-refractivity contribution is 5.24. The molecule has 1 aromatic rings. The normalized spacial score (nSPS) is 14.9. The molecule has 1 aromatic carbocycles. The second kappa shape index (κ2) is 6.74. The van der Waals surface area contributed by atoms with Crippen molar-refractivity contribution in [3.05, 3.63) is 35.4 Å². The summed E-state index contributed by atoms with van der Waals surface area (Å²) < 4.78 is 10.5. The van der Waals surface area contributed by atoms with E-state index in [0.717, 1.165) is 0 Å². The standard InChI is InChI=1S/C14H23NO2/c1-10-7-6-8-13(9-10)11(2)15-12(3)14(16-4)17-5/h6-9,11-12,14-15H,1-5H3/t11-,12?/m0/s1. The fraction of sp³-hybridized carbons (Fsp3) is 0.571. The second-order valence-corrected chi connectivity index (χ2v) is 4.43. The minimum atomic E-state index is -0.220. The second-order valence-electron chi connectivity index (χ2n) is 4.43. The Kier molecular flexibility index (Phi) is 5.62. The van der Waals surface area contributed by atoms with Crippen LogP contribution in [0.5, 0.6) is 0 Å². The molecule has 0 aliphatic rings. The first-order valence-corrected chi connectivity index (χ1v) is 5.96. The van der Waals surface area contributed by atoms with Gasteiger partial charge < -0.3 is 14.8 Å². The van der Waals surface area contributed by atoms with Gasteiger partial charge in [0.05, 0.1) is 6.04 Å². The molecule has 17 heavy (non-hydrogen) atoms. The van der Waals surface area contributed by atoms with Gasteiger partial charge in [0, 0.05) is 20.3 Å². The summed E-state index contributed by atoms with van der Waals surface area (Å²) in [5.74, 6) is 0. The van der Waals surface area contributed by atoms with Crippen molar-refractivity contribution in [1.29, 1.82) is 0 Å². The lowest BCUT2D eigenvalue weighted by Crippen LogP contribution is -2.40. The fourth-order valence-electron chi connectivity index (χ4n) is 2.01. The Morgan fingerprint density at radius 2 is 1.76 bits per heavy atom. The zero-order valence-electron chi connectivity index (χ0n) is 11.4. The first-order chi connectivity index (χ1) is 8.08. The van der Waals surface area contributed by atoms with Crippen LogP contribution in [0.25, 0.3) is 0 Å². The van der Waals surface area contributed by atoms with Crippen molar-refractivity contribution in [2.24, 2.45) is 0 Å². The van der Waals surface area contributed by atoms with E-state index in [2.05, 4.69) is 50.4 Å². The smallest absolute Gasteiger partial charge is 0.171 e. The highest BCUT2D eigenvalue weighted by Crippen LogP contribution is 2.15. The van der Waals surface area contributed by atoms with Gasteiger partial charge in [-0.15, -0.1) is 0 Å². The van der Waals surface area contributed by atoms with Gasteiger partial charge >= 0.3 is 0 Å². The van der Waals surface area contributed by atoms with Gasteiger partial charge in [-0.25, -0.2) is 0 Å². The molecule has 96 valence electrons. The van der Waals surface area contributed by atoms with Gasteiger partial charge in [0.1, 0.15) is 0 Å². The van der Waals surface area contributed by atoms with Crippen LogP contribution < -0.4 is 5.32 Å². The summed E-state index contributed by atoms with van der Waals surface area (Å²) in [4.78, 5) is 0. The van der Waals surface area contributed by atoms with Gasteiger partial charge in [0.15, 0.2) is 6.29 Å². The van der Waals surface area contributed by atoms with Crippen molar-refractivity contribution in [2.75, 3.05) is 14.2 Å². The molecule has 3 nitrogen and oxygen atoms in total. The summed E-state index contributed by atoms with van der Waals surface area (Å²) in [7, 11) is 3.31. The lowest BCUT2D eigenvalue weighted by Gasteiger charge is -2.26. The van der Waals surface area contributed by atoms with Crippen LogP contribution in [-0.2, 0) is 9.47 Å². The number of rotatable bonds is 6. The van der Waals surface area contributed by atoms with Crippen LogP contribution in [0.4, 0.5) is 0 Å². The highest BCUT2D eigenvalue weighted by Gasteiger charge is 2.18. The fourth-order valence-corrected chi connectivity index (χ4v) is 2.01. The van der Waals surface area contributed by atoms with E-state index in [9.17, 15) is 0 Å². The Morgan fingerprint density at radius 1 is 1.12 bits per heavy atom. The van der Waals surface area contributed by atoms with Gasteiger partial charge in [0.25, 0.3) is 0 Å². The molecular formula is C14H23NO2. The SMILES string of the molecule is COC(OC)C(C)N[C@@H](C)c1cccc(C)c1. The van der Waals surface area contributed by atoms with E-state index in [1.54, 1.807) is 14.2 Å². The quantitative estimate of drug-likeness (QED) is 0.772. The number of nitrogens with one attached hydrogen (secondary N) is 1. The monoisotopic (exact) mass is 237 g/mol. The molecule has 1 N–H and O–H groups in total. The van der Waals surface area contributed by atoms with Crippen LogP contribution in [0.1, 0.15) is 31.0 Å². The molecule has 0 radical (unpaired) electrons. The molecule has 0 spiro atoms. The van der Waals surface area contributed by atoms with Gasteiger partial charge in [0.2, 0.25) is 0 Å².